The monoisotopic (exact) mass is 651 g/mol. The minimum Gasteiger partial charge on any atom is -0.483 e. The molecule has 0 spiro atoms. The average molecular weight is 652 g/mol. The molecule has 1 aromatic carbocycles. The summed E-state index contributed by atoms with van der Waals surface area (Å²) in [7, 11) is 0. The molecule has 0 aliphatic heterocycles. The number of hydrogen-bond acceptors (Lipinski definition) is 8. The van der Waals surface area contributed by atoms with Crippen molar-refractivity contribution in [3.63, 3.8) is 0 Å². The van der Waals surface area contributed by atoms with Gasteiger partial charge in [0.2, 0.25) is 5.91 Å². The van der Waals surface area contributed by atoms with Crippen LogP contribution in [0.25, 0.3) is 16.9 Å². The fraction of sp³-hybridized carbons (Fsp3) is 0.357. The van der Waals surface area contributed by atoms with Crippen LogP contribution in [-0.4, -0.2) is 72.6 Å². The largest absolute Gasteiger partial charge is 0.483 e. The normalized spacial score (nSPS) is 15.9. The molecule has 0 bridgehead atoms. The third-order valence-corrected chi connectivity index (χ3v) is 7.00. The molecule has 0 atom stereocenters. The van der Waals surface area contributed by atoms with Crippen LogP contribution in [0.3, 0.4) is 0 Å². The van der Waals surface area contributed by atoms with Gasteiger partial charge in [0.05, 0.1) is 24.0 Å². The summed E-state index contributed by atoms with van der Waals surface area (Å²) >= 11 is 0. The number of carbonyl (C=O) groups excluding carboxylic acids is 2. The first-order chi connectivity index (χ1) is 21.8. The van der Waals surface area contributed by atoms with E-state index in [9.17, 15) is 31.5 Å². The third-order valence-electron chi connectivity index (χ3n) is 7.00. The Morgan fingerprint density at radius 3 is 2.57 bits per heavy atom. The maximum Gasteiger partial charge on any atom is 0.435 e. The second-order valence-electron chi connectivity index (χ2n) is 10.2. The lowest BCUT2D eigenvalue weighted by Crippen LogP contribution is -2.52. The number of nitrogens with two attached hydrogens (primary N) is 1. The highest BCUT2D eigenvalue weighted by Crippen LogP contribution is 2.37. The predicted molar refractivity (Wildman–Crippen MR) is 154 cm³/mol. The molecule has 0 saturated heterocycles. The summed E-state index contributed by atoms with van der Waals surface area (Å²) in [6, 6.07) is 5.04. The number of imidazole rings is 1. The quantitative estimate of drug-likeness (QED) is 0.127. The van der Waals surface area contributed by atoms with Crippen molar-refractivity contribution in [3.05, 3.63) is 59.8 Å². The molecule has 3 heterocycles. The van der Waals surface area contributed by atoms with Crippen LogP contribution in [0.1, 0.15) is 41.4 Å². The van der Waals surface area contributed by atoms with Gasteiger partial charge in [-0.2, -0.15) is 18.3 Å². The number of carbonyl (C=O) groups is 3. The van der Waals surface area contributed by atoms with Crippen LogP contribution < -0.4 is 21.7 Å². The number of alkyl halides is 5. The Balaban J connectivity index is 0.00000154. The first-order valence-corrected chi connectivity index (χ1v) is 13.9. The molecule has 246 valence electrons. The van der Waals surface area contributed by atoms with Crippen LogP contribution in [0.2, 0.25) is 0 Å². The topological polar surface area (TPSA) is 182 Å². The summed E-state index contributed by atoms with van der Waals surface area (Å²) in [5.41, 5.74) is 5.73. The summed E-state index contributed by atoms with van der Waals surface area (Å²) in [6.07, 6.45) is -1.04. The SMILES string of the molecule is CCc1cc(Nc2nccn3c(-c4cn(CC(F)F)nc4C(F)(F)F)cnc23)ccc1C(=O)NCC(=O)NC1CC(N)C1.O=CO. The summed E-state index contributed by atoms with van der Waals surface area (Å²) in [4.78, 5) is 41.8. The Morgan fingerprint density at radius 2 is 1.93 bits per heavy atom. The number of nitrogens with one attached hydrogen (secondary N) is 3. The van der Waals surface area contributed by atoms with Gasteiger partial charge in [-0.3, -0.25) is 23.5 Å². The second-order valence-corrected chi connectivity index (χ2v) is 10.2. The number of benzene rings is 1. The first-order valence-electron chi connectivity index (χ1n) is 13.9. The molecule has 1 fully saturated rings. The highest BCUT2D eigenvalue weighted by molar-refractivity contribution is 5.98. The van der Waals surface area contributed by atoms with Crippen LogP contribution >= 0.6 is 0 Å². The summed E-state index contributed by atoms with van der Waals surface area (Å²) in [5, 5.41) is 18.7. The molecule has 5 rings (SSSR count). The lowest BCUT2D eigenvalue weighted by molar-refractivity contribution is -0.141. The lowest BCUT2D eigenvalue weighted by atomic mass is 9.88. The van der Waals surface area contributed by atoms with Crippen LogP contribution in [0.5, 0.6) is 0 Å². The van der Waals surface area contributed by atoms with Gasteiger partial charge in [-0.1, -0.05) is 6.92 Å². The molecule has 4 aromatic rings. The van der Waals surface area contributed by atoms with Crippen LogP contribution in [0, 0.1) is 0 Å². The van der Waals surface area contributed by atoms with E-state index < -0.39 is 36.3 Å². The van der Waals surface area contributed by atoms with E-state index in [0.29, 0.717) is 40.8 Å². The zero-order valence-electron chi connectivity index (χ0n) is 24.3. The van der Waals surface area contributed by atoms with Crippen molar-refractivity contribution in [1.82, 2.24) is 34.8 Å². The molecule has 1 saturated carbocycles. The average Bonchev–Trinajstić information content (AvgIpc) is 3.60. The Kier molecular flexibility index (Phi) is 10.5. The number of aryl methyl sites for hydroxylation is 1. The molecule has 6 N–H and O–H groups in total. The molecular weight excluding hydrogens is 621 g/mol. The Morgan fingerprint density at radius 1 is 1.22 bits per heavy atom. The first kappa shape index (κ1) is 33.8. The highest BCUT2D eigenvalue weighted by atomic mass is 19.4. The zero-order chi connectivity index (χ0) is 33.6. The van der Waals surface area contributed by atoms with E-state index in [2.05, 4.69) is 31.0 Å². The van der Waals surface area contributed by atoms with Gasteiger partial charge in [-0.05, 0) is 43.0 Å². The van der Waals surface area contributed by atoms with Gasteiger partial charge in [-0.25, -0.2) is 18.7 Å². The molecule has 0 radical (unpaired) electrons. The Hall–Kier alpha value is -5.13. The minimum atomic E-state index is -4.89. The summed E-state index contributed by atoms with van der Waals surface area (Å²) in [6.45, 7) is 0.429. The fourth-order valence-electron chi connectivity index (χ4n) is 4.90. The lowest BCUT2D eigenvalue weighted by Gasteiger charge is -2.32. The number of carboxylic acid groups (broad SMARTS) is 1. The second kappa shape index (κ2) is 14.3. The Bertz CT molecular complexity index is 1700. The van der Waals surface area contributed by atoms with Crippen molar-refractivity contribution >= 4 is 35.4 Å². The van der Waals surface area contributed by atoms with E-state index in [1.54, 1.807) is 18.2 Å². The van der Waals surface area contributed by atoms with Crippen LogP contribution in [0.4, 0.5) is 33.5 Å². The van der Waals surface area contributed by atoms with E-state index in [4.69, 9.17) is 15.6 Å². The number of anilines is 2. The molecule has 46 heavy (non-hydrogen) atoms. The molecule has 1 aliphatic carbocycles. The van der Waals surface area contributed by atoms with Crippen molar-refractivity contribution in [2.75, 3.05) is 11.9 Å². The maximum absolute atomic E-state index is 13.7. The van der Waals surface area contributed by atoms with Gasteiger partial charge in [-0.15, -0.1) is 0 Å². The minimum absolute atomic E-state index is 0.0150. The van der Waals surface area contributed by atoms with Gasteiger partial charge in [0.1, 0.15) is 6.54 Å². The standard InChI is InChI=1S/C27H28F5N9O2.CH2O2/c1-2-14-7-16(3-4-18(14)26(43)36-11-22(42)37-17-8-15(33)9-17)38-24-25-35-10-20(41(25)6-5-34-24)19-12-40(13-21(28)29)39-23(19)27(30,31)32;2-1-3/h3-7,10,12,15,17,21H,2,8-9,11,13,33H2,1H3,(H,34,38)(H,36,43)(H,37,42);1H,(H,2,3). The number of hydrogen-bond donors (Lipinski definition) is 5. The van der Waals surface area contributed by atoms with E-state index in [1.807, 2.05) is 6.92 Å². The van der Waals surface area contributed by atoms with Gasteiger partial charge >= 0.3 is 6.18 Å². The number of halogens is 5. The molecule has 3 aromatic heterocycles. The number of nitrogens with zero attached hydrogens (tertiary/aromatic N) is 5. The predicted octanol–water partition coefficient (Wildman–Crippen LogP) is 3.22. The Labute approximate surface area is 258 Å². The van der Waals surface area contributed by atoms with E-state index >= 15 is 0 Å². The fourth-order valence-corrected chi connectivity index (χ4v) is 4.90. The van der Waals surface area contributed by atoms with Crippen molar-refractivity contribution < 1.29 is 41.4 Å². The molecule has 0 unspecified atom stereocenters. The van der Waals surface area contributed by atoms with Gasteiger partial charge in [0.15, 0.2) is 17.2 Å². The number of fused-ring (bicyclic) bond motifs is 1. The van der Waals surface area contributed by atoms with E-state index in [0.717, 1.165) is 6.20 Å². The zero-order valence-corrected chi connectivity index (χ0v) is 24.3. The molecule has 2 amide bonds. The molecule has 13 nitrogen and oxygen atoms in total. The van der Waals surface area contributed by atoms with E-state index in [-0.39, 0.29) is 48.2 Å². The van der Waals surface area contributed by atoms with Gasteiger partial charge in [0.25, 0.3) is 18.8 Å². The smallest absolute Gasteiger partial charge is 0.435 e. The highest BCUT2D eigenvalue weighted by Gasteiger charge is 2.38. The van der Waals surface area contributed by atoms with Crippen molar-refractivity contribution in [1.29, 1.82) is 0 Å². The summed E-state index contributed by atoms with van der Waals surface area (Å²) in [5.74, 6) is -0.521. The van der Waals surface area contributed by atoms with Gasteiger partial charge in [0, 0.05) is 41.9 Å². The van der Waals surface area contributed by atoms with Crippen molar-refractivity contribution in [2.24, 2.45) is 5.73 Å². The van der Waals surface area contributed by atoms with E-state index in [1.165, 1.54) is 23.0 Å². The van der Waals surface area contributed by atoms with Crippen molar-refractivity contribution in [3.8, 4) is 11.3 Å². The molecule has 1 aliphatic rings. The maximum atomic E-state index is 13.7. The van der Waals surface area contributed by atoms with Crippen LogP contribution in [-0.2, 0) is 28.7 Å². The molecular formula is C28H30F5N9O4. The third kappa shape index (κ3) is 7.92. The number of amides is 2. The summed E-state index contributed by atoms with van der Waals surface area (Å²) < 4.78 is 68.8. The van der Waals surface area contributed by atoms with Crippen LogP contribution in [0.15, 0.2) is 43.0 Å². The van der Waals surface area contributed by atoms with Crippen molar-refractivity contribution in [2.45, 2.75) is 57.4 Å². The number of rotatable bonds is 10. The molecule has 18 heteroatoms. The number of aromatic nitrogens is 5. The van der Waals surface area contributed by atoms with Gasteiger partial charge < -0.3 is 26.8 Å².